The monoisotopic (exact) mass is 259 g/mol. The van der Waals surface area contributed by atoms with Gasteiger partial charge in [0.05, 0.1) is 0 Å². The molecule has 0 unspecified atom stereocenters. The fourth-order valence-corrected chi connectivity index (χ4v) is 3.08. The van der Waals surface area contributed by atoms with Crippen molar-refractivity contribution in [2.24, 2.45) is 0 Å². The fraction of sp³-hybridized carbons (Fsp3) is 0.0556. The Morgan fingerprint density at radius 2 is 1.65 bits per heavy atom. The third kappa shape index (κ3) is 1.42. The maximum Gasteiger partial charge on any atom is 0.255 e. The lowest BCUT2D eigenvalue weighted by Gasteiger charge is -2.10. The van der Waals surface area contributed by atoms with Gasteiger partial charge in [-0.3, -0.25) is 4.79 Å². The molecular weight excluding hydrogens is 246 g/mol. The first-order valence-electron chi connectivity index (χ1n) is 6.68. The molecule has 3 aromatic carbocycles. The molecule has 1 aromatic heterocycles. The van der Waals surface area contributed by atoms with Gasteiger partial charge in [0.15, 0.2) is 0 Å². The molecule has 0 radical (unpaired) electrons. The third-order valence-electron chi connectivity index (χ3n) is 4.04. The maximum atomic E-state index is 12.0. The molecule has 1 N–H and O–H groups in total. The molecule has 0 saturated heterocycles. The number of pyridine rings is 1. The van der Waals surface area contributed by atoms with Gasteiger partial charge in [-0.05, 0) is 51.6 Å². The van der Waals surface area contributed by atoms with E-state index in [9.17, 15) is 4.79 Å². The Labute approximate surface area is 115 Å². The van der Waals surface area contributed by atoms with E-state index in [1.165, 1.54) is 21.7 Å². The highest BCUT2D eigenvalue weighted by molar-refractivity contribution is 6.14. The normalized spacial score (nSPS) is 11.4. The van der Waals surface area contributed by atoms with E-state index in [0.717, 1.165) is 16.2 Å². The number of hydrogen-bond donors (Lipinski definition) is 1. The lowest BCUT2D eigenvalue weighted by Crippen LogP contribution is -2.05. The van der Waals surface area contributed by atoms with Gasteiger partial charge in [-0.15, -0.1) is 0 Å². The van der Waals surface area contributed by atoms with E-state index in [1.807, 2.05) is 12.1 Å². The Kier molecular flexibility index (Phi) is 2.21. The zero-order valence-corrected chi connectivity index (χ0v) is 11.1. The van der Waals surface area contributed by atoms with Crippen LogP contribution < -0.4 is 5.56 Å². The highest BCUT2D eigenvalue weighted by Gasteiger charge is 2.08. The number of fused-ring (bicyclic) bond motifs is 4. The number of rotatable bonds is 0. The molecule has 0 spiro atoms. The summed E-state index contributed by atoms with van der Waals surface area (Å²) in [6.07, 6.45) is 1.72. The Balaban J connectivity index is 2.36. The number of benzene rings is 3. The van der Waals surface area contributed by atoms with Crippen LogP contribution in [0.5, 0.6) is 0 Å². The highest BCUT2D eigenvalue weighted by Crippen LogP contribution is 2.31. The molecule has 0 amide bonds. The molecule has 20 heavy (non-hydrogen) atoms. The predicted octanol–water partition coefficient (Wildman–Crippen LogP) is 4.14. The summed E-state index contributed by atoms with van der Waals surface area (Å²) in [5, 5.41) is 6.61. The minimum Gasteiger partial charge on any atom is -0.329 e. The van der Waals surface area contributed by atoms with E-state index in [1.54, 1.807) is 6.20 Å². The number of aromatic nitrogens is 1. The van der Waals surface area contributed by atoms with Gasteiger partial charge in [0.25, 0.3) is 5.56 Å². The van der Waals surface area contributed by atoms with Crippen molar-refractivity contribution in [2.45, 2.75) is 6.92 Å². The van der Waals surface area contributed by atoms with Crippen molar-refractivity contribution in [3.8, 4) is 0 Å². The molecule has 0 atom stereocenters. The number of hydrogen-bond acceptors (Lipinski definition) is 1. The summed E-state index contributed by atoms with van der Waals surface area (Å²) < 4.78 is 0. The van der Waals surface area contributed by atoms with Crippen molar-refractivity contribution < 1.29 is 0 Å². The Morgan fingerprint density at radius 1 is 0.850 bits per heavy atom. The predicted molar refractivity (Wildman–Crippen MR) is 84.3 cm³/mol. The van der Waals surface area contributed by atoms with E-state index in [-0.39, 0.29) is 5.56 Å². The molecule has 0 aliphatic rings. The average molecular weight is 259 g/mol. The van der Waals surface area contributed by atoms with Gasteiger partial charge in [0.1, 0.15) is 0 Å². The molecule has 96 valence electrons. The molecule has 0 bridgehead atoms. The first-order valence-corrected chi connectivity index (χ1v) is 6.68. The van der Waals surface area contributed by atoms with Gasteiger partial charge in [-0.25, -0.2) is 0 Å². The molecule has 2 nitrogen and oxygen atoms in total. The van der Waals surface area contributed by atoms with Crippen molar-refractivity contribution in [1.82, 2.24) is 4.98 Å². The Morgan fingerprint density at radius 3 is 2.55 bits per heavy atom. The number of H-pyrrole nitrogens is 1. The largest absolute Gasteiger partial charge is 0.329 e. The van der Waals surface area contributed by atoms with Crippen LogP contribution in [0.2, 0.25) is 0 Å². The smallest absolute Gasteiger partial charge is 0.255 e. The first-order chi connectivity index (χ1) is 9.75. The van der Waals surface area contributed by atoms with Gasteiger partial charge in [-0.2, -0.15) is 0 Å². The second-order valence-corrected chi connectivity index (χ2v) is 5.15. The van der Waals surface area contributed by atoms with Gasteiger partial charge in [0.2, 0.25) is 0 Å². The first kappa shape index (κ1) is 11.2. The van der Waals surface area contributed by atoms with Crippen LogP contribution in [0.15, 0.2) is 59.5 Å². The van der Waals surface area contributed by atoms with Crippen LogP contribution in [-0.2, 0) is 0 Å². The Bertz CT molecular complexity index is 1030. The molecule has 0 saturated carbocycles. The van der Waals surface area contributed by atoms with Crippen molar-refractivity contribution in [2.75, 3.05) is 0 Å². The van der Waals surface area contributed by atoms with Crippen LogP contribution in [0.25, 0.3) is 32.3 Å². The van der Waals surface area contributed by atoms with Gasteiger partial charge in [-0.1, -0.05) is 36.4 Å². The standard InChI is InChI=1S/C18H13NO/c1-11-14-8-9-19-18(20)16(14)10-13-7-6-12-4-2-3-5-15(12)17(11)13/h2-10H,1H3,(H,19,20). The van der Waals surface area contributed by atoms with E-state index in [4.69, 9.17) is 0 Å². The van der Waals surface area contributed by atoms with Crippen LogP contribution in [0.1, 0.15) is 5.56 Å². The van der Waals surface area contributed by atoms with Crippen molar-refractivity contribution in [1.29, 1.82) is 0 Å². The Hall–Kier alpha value is -2.61. The lowest BCUT2D eigenvalue weighted by molar-refractivity contribution is 1.28. The SMILES string of the molecule is Cc1c2cc[nH]c(=O)c2cc2ccc3ccccc3c12. The highest BCUT2D eigenvalue weighted by atomic mass is 16.1. The summed E-state index contributed by atoms with van der Waals surface area (Å²) in [5.41, 5.74) is 1.14. The molecule has 0 fully saturated rings. The van der Waals surface area contributed by atoms with Crippen LogP contribution >= 0.6 is 0 Å². The molecular formula is C18H13NO. The van der Waals surface area contributed by atoms with Crippen LogP contribution in [-0.4, -0.2) is 4.98 Å². The molecule has 4 aromatic rings. The number of aromatic amines is 1. The van der Waals surface area contributed by atoms with Gasteiger partial charge in [0, 0.05) is 11.6 Å². The minimum atomic E-state index is -0.0272. The summed E-state index contributed by atoms with van der Waals surface area (Å²) in [7, 11) is 0. The zero-order valence-electron chi connectivity index (χ0n) is 11.1. The summed E-state index contributed by atoms with van der Waals surface area (Å²) in [6, 6.07) is 16.5. The van der Waals surface area contributed by atoms with E-state index < -0.39 is 0 Å². The van der Waals surface area contributed by atoms with E-state index >= 15 is 0 Å². The number of aryl methyl sites for hydroxylation is 1. The van der Waals surface area contributed by atoms with Crippen LogP contribution in [0.3, 0.4) is 0 Å². The average Bonchev–Trinajstić information content (AvgIpc) is 2.48. The molecule has 4 rings (SSSR count). The van der Waals surface area contributed by atoms with E-state index in [2.05, 4.69) is 48.3 Å². The molecule has 0 aliphatic carbocycles. The minimum absolute atomic E-state index is 0.0272. The molecule has 2 heteroatoms. The summed E-state index contributed by atoms with van der Waals surface area (Å²) >= 11 is 0. The van der Waals surface area contributed by atoms with E-state index in [0.29, 0.717) is 0 Å². The maximum absolute atomic E-state index is 12.0. The van der Waals surface area contributed by atoms with Crippen LogP contribution in [0.4, 0.5) is 0 Å². The van der Waals surface area contributed by atoms with Crippen molar-refractivity contribution >= 4 is 32.3 Å². The summed E-state index contributed by atoms with van der Waals surface area (Å²) in [4.78, 5) is 14.7. The fourth-order valence-electron chi connectivity index (χ4n) is 3.08. The van der Waals surface area contributed by atoms with Gasteiger partial charge >= 0.3 is 0 Å². The van der Waals surface area contributed by atoms with Crippen molar-refractivity contribution in [3.63, 3.8) is 0 Å². The summed E-state index contributed by atoms with van der Waals surface area (Å²) in [6.45, 7) is 2.09. The topological polar surface area (TPSA) is 32.9 Å². The second-order valence-electron chi connectivity index (χ2n) is 5.15. The zero-order chi connectivity index (χ0) is 13.7. The van der Waals surface area contributed by atoms with Crippen molar-refractivity contribution in [3.05, 3.63) is 70.6 Å². The lowest BCUT2D eigenvalue weighted by atomic mass is 9.94. The molecule has 1 heterocycles. The second kappa shape index (κ2) is 3.94. The third-order valence-corrected chi connectivity index (χ3v) is 4.04. The van der Waals surface area contributed by atoms with Gasteiger partial charge < -0.3 is 4.98 Å². The van der Waals surface area contributed by atoms with Crippen LogP contribution in [0, 0.1) is 6.92 Å². The number of nitrogens with one attached hydrogen (secondary N) is 1. The summed E-state index contributed by atoms with van der Waals surface area (Å²) in [5.74, 6) is 0. The quantitative estimate of drug-likeness (QED) is 0.373. The molecule has 0 aliphatic heterocycles.